The van der Waals surface area contributed by atoms with E-state index in [0.29, 0.717) is 11.3 Å². The van der Waals surface area contributed by atoms with Crippen molar-refractivity contribution in [3.05, 3.63) is 79.6 Å². The first kappa shape index (κ1) is 22.2. The molecule has 0 radical (unpaired) electrons. The van der Waals surface area contributed by atoms with E-state index in [1.165, 1.54) is 35.2 Å². The SMILES string of the molecule is Cc1cn(N=Cc2ccc(Oc3c([N+](=O)[O-])cc(C(F)(F)F)cc3[N+](=O)[O-])cc2)c(N)n1. The second kappa shape index (κ2) is 8.33. The number of nitrogen functional groups attached to an aromatic ring is 1. The fraction of sp³-hybridized carbons (Fsp3) is 0.111. The molecule has 0 bridgehead atoms. The Bertz CT molecular complexity index is 1190. The van der Waals surface area contributed by atoms with Crippen LogP contribution in [0.4, 0.5) is 30.5 Å². The predicted molar refractivity (Wildman–Crippen MR) is 106 cm³/mol. The number of nitrogens with two attached hydrogens (primary N) is 1. The standard InChI is InChI=1S/C18H13F3N6O5/c1-10-9-25(17(22)24-10)23-8-11-2-4-13(5-3-11)32-16-14(26(28)29)6-12(18(19,20)21)7-15(16)27(30)31/h2-9H,1H3,(H2,22,24). The molecule has 0 saturated heterocycles. The highest BCUT2D eigenvalue weighted by atomic mass is 19.4. The molecule has 0 aliphatic carbocycles. The number of aromatic nitrogens is 2. The molecule has 0 aliphatic heterocycles. The Morgan fingerprint density at radius 3 is 2.12 bits per heavy atom. The van der Waals surface area contributed by atoms with Crippen molar-refractivity contribution in [3.8, 4) is 11.5 Å². The summed E-state index contributed by atoms with van der Waals surface area (Å²) >= 11 is 0. The van der Waals surface area contributed by atoms with Crippen LogP contribution in [-0.2, 0) is 6.18 Å². The Kier molecular flexibility index (Phi) is 5.78. The molecule has 11 nitrogen and oxygen atoms in total. The molecule has 2 aromatic carbocycles. The number of rotatable bonds is 6. The second-order valence-electron chi connectivity index (χ2n) is 6.36. The summed E-state index contributed by atoms with van der Waals surface area (Å²) < 4.78 is 45.5. The van der Waals surface area contributed by atoms with E-state index in [9.17, 15) is 33.4 Å². The van der Waals surface area contributed by atoms with E-state index >= 15 is 0 Å². The molecular weight excluding hydrogens is 437 g/mol. The number of imidazole rings is 1. The van der Waals surface area contributed by atoms with Gasteiger partial charge in [0.25, 0.3) is 5.75 Å². The van der Waals surface area contributed by atoms with Crippen molar-refractivity contribution in [2.75, 3.05) is 5.73 Å². The predicted octanol–water partition coefficient (Wildman–Crippen LogP) is 4.28. The minimum Gasteiger partial charge on any atom is -0.444 e. The molecule has 3 rings (SSSR count). The van der Waals surface area contributed by atoms with Gasteiger partial charge in [-0.3, -0.25) is 20.2 Å². The van der Waals surface area contributed by atoms with Crippen LogP contribution in [0.1, 0.15) is 16.8 Å². The molecule has 1 heterocycles. The number of aryl methyl sites for hydroxylation is 1. The number of hydrogen-bond donors (Lipinski definition) is 1. The summed E-state index contributed by atoms with van der Waals surface area (Å²) in [7, 11) is 0. The Labute approximate surface area is 176 Å². The van der Waals surface area contributed by atoms with E-state index in [4.69, 9.17) is 10.5 Å². The monoisotopic (exact) mass is 450 g/mol. The Hall–Kier alpha value is -4.49. The molecular formula is C18H13F3N6O5. The first-order valence-electron chi connectivity index (χ1n) is 8.63. The number of nitro groups is 2. The number of halogens is 3. The lowest BCUT2D eigenvalue weighted by Gasteiger charge is -2.11. The zero-order valence-electron chi connectivity index (χ0n) is 16.1. The van der Waals surface area contributed by atoms with E-state index in [0.717, 1.165) is 0 Å². The van der Waals surface area contributed by atoms with Crippen LogP contribution < -0.4 is 10.5 Å². The topological polar surface area (TPSA) is 152 Å². The van der Waals surface area contributed by atoms with Gasteiger partial charge < -0.3 is 10.5 Å². The summed E-state index contributed by atoms with van der Waals surface area (Å²) in [6.07, 6.45) is -2.01. The van der Waals surface area contributed by atoms with E-state index < -0.39 is 38.7 Å². The van der Waals surface area contributed by atoms with Gasteiger partial charge in [0, 0.05) is 12.1 Å². The number of nitrogens with zero attached hydrogens (tertiary/aromatic N) is 5. The number of hydrogen-bond acceptors (Lipinski definition) is 8. The summed E-state index contributed by atoms with van der Waals surface area (Å²) in [5, 5.41) is 26.6. The van der Waals surface area contributed by atoms with E-state index in [1.807, 2.05) is 0 Å². The van der Waals surface area contributed by atoms with E-state index in [-0.39, 0.29) is 23.8 Å². The fourth-order valence-electron chi connectivity index (χ4n) is 2.60. The van der Waals surface area contributed by atoms with Crippen LogP contribution in [-0.4, -0.2) is 25.7 Å². The molecule has 2 N–H and O–H groups in total. The van der Waals surface area contributed by atoms with Gasteiger partial charge in [-0.2, -0.15) is 18.3 Å². The summed E-state index contributed by atoms with van der Waals surface area (Å²) in [5.41, 5.74) is 2.94. The second-order valence-corrected chi connectivity index (χ2v) is 6.36. The van der Waals surface area contributed by atoms with Gasteiger partial charge in [0.15, 0.2) is 0 Å². The lowest BCUT2D eigenvalue weighted by molar-refractivity contribution is -0.396. The van der Waals surface area contributed by atoms with Crippen LogP contribution in [0.2, 0.25) is 0 Å². The first-order chi connectivity index (χ1) is 15.0. The van der Waals surface area contributed by atoms with Crippen LogP contribution in [0.15, 0.2) is 47.7 Å². The van der Waals surface area contributed by atoms with Crippen molar-refractivity contribution in [1.82, 2.24) is 9.66 Å². The quantitative estimate of drug-likeness (QED) is 0.334. The molecule has 0 spiro atoms. The van der Waals surface area contributed by atoms with Crippen molar-refractivity contribution in [2.45, 2.75) is 13.1 Å². The molecule has 0 aliphatic rings. The van der Waals surface area contributed by atoms with Gasteiger partial charge in [-0.05, 0) is 36.8 Å². The minimum absolute atomic E-state index is 0.0777. The molecule has 3 aromatic rings. The molecule has 0 atom stereocenters. The Morgan fingerprint density at radius 1 is 1.12 bits per heavy atom. The Morgan fingerprint density at radius 2 is 1.69 bits per heavy atom. The molecule has 1 aromatic heterocycles. The summed E-state index contributed by atoms with van der Waals surface area (Å²) in [6.45, 7) is 1.73. The number of benzene rings is 2. The van der Waals surface area contributed by atoms with Crippen molar-refractivity contribution in [1.29, 1.82) is 0 Å². The zero-order chi connectivity index (χ0) is 23.6. The van der Waals surface area contributed by atoms with E-state index in [1.54, 1.807) is 13.1 Å². The first-order valence-corrected chi connectivity index (χ1v) is 8.63. The van der Waals surface area contributed by atoms with Crippen LogP contribution >= 0.6 is 0 Å². The van der Waals surface area contributed by atoms with Crippen molar-refractivity contribution in [2.24, 2.45) is 5.10 Å². The maximum atomic E-state index is 13.0. The molecule has 166 valence electrons. The molecule has 0 amide bonds. The highest BCUT2D eigenvalue weighted by molar-refractivity contribution is 5.79. The zero-order valence-corrected chi connectivity index (χ0v) is 16.1. The maximum Gasteiger partial charge on any atom is 0.416 e. The third-order valence-corrected chi connectivity index (χ3v) is 4.04. The number of ether oxygens (including phenoxy) is 1. The van der Waals surface area contributed by atoms with Gasteiger partial charge in [0.05, 0.1) is 33.5 Å². The Balaban J connectivity index is 1.93. The van der Waals surface area contributed by atoms with Gasteiger partial charge in [0.2, 0.25) is 5.95 Å². The van der Waals surface area contributed by atoms with Crippen molar-refractivity contribution < 1.29 is 27.8 Å². The molecule has 32 heavy (non-hydrogen) atoms. The van der Waals surface area contributed by atoms with Gasteiger partial charge in [-0.1, -0.05) is 0 Å². The fourth-order valence-corrected chi connectivity index (χ4v) is 2.60. The van der Waals surface area contributed by atoms with Gasteiger partial charge in [0.1, 0.15) is 5.75 Å². The van der Waals surface area contributed by atoms with Crippen LogP contribution in [0.5, 0.6) is 11.5 Å². The van der Waals surface area contributed by atoms with Gasteiger partial charge >= 0.3 is 17.6 Å². The van der Waals surface area contributed by atoms with Crippen LogP contribution in [0.3, 0.4) is 0 Å². The van der Waals surface area contributed by atoms with E-state index in [2.05, 4.69) is 10.1 Å². The van der Waals surface area contributed by atoms with Crippen LogP contribution in [0, 0.1) is 27.2 Å². The third kappa shape index (κ3) is 4.80. The average Bonchev–Trinajstić information content (AvgIpc) is 3.03. The lowest BCUT2D eigenvalue weighted by Crippen LogP contribution is -2.08. The molecule has 0 saturated carbocycles. The number of alkyl halides is 3. The molecule has 0 fully saturated rings. The smallest absolute Gasteiger partial charge is 0.416 e. The number of anilines is 1. The highest BCUT2D eigenvalue weighted by Gasteiger charge is 2.38. The maximum absolute atomic E-state index is 13.0. The van der Waals surface area contributed by atoms with Crippen molar-refractivity contribution >= 4 is 23.5 Å². The van der Waals surface area contributed by atoms with Crippen molar-refractivity contribution in [3.63, 3.8) is 0 Å². The molecule has 0 unspecified atom stereocenters. The van der Waals surface area contributed by atoms with Gasteiger partial charge in [-0.15, -0.1) is 0 Å². The lowest BCUT2D eigenvalue weighted by atomic mass is 10.1. The normalized spacial score (nSPS) is 11.6. The van der Waals surface area contributed by atoms with Crippen LogP contribution in [0.25, 0.3) is 0 Å². The number of nitro benzene ring substituents is 2. The largest absolute Gasteiger partial charge is 0.444 e. The molecule has 14 heteroatoms. The van der Waals surface area contributed by atoms with Gasteiger partial charge in [-0.25, -0.2) is 9.66 Å². The summed E-state index contributed by atoms with van der Waals surface area (Å²) in [6, 6.07) is 5.94. The minimum atomic E-state index is -5.02. The summed E-state index contributed by atoms with van der Waals surface area (Å²) in [4.78, 5) is 24.1. The third-order valence-electron chi connectivity index (χ3n) is 4.04. The average molecular weight is 450 g/mol. The summed E-state index contributed by atoms with van der Waals surface area (Å²) in [5.74, 6) is -0.831. The highest BCUT2D eigenvalue weighted by Crippen LogP contribution is 2.44.